The van der Waals surface area contributed by atoms with Gasteiger partial charge in [0.1, 0.15) is 0 Å². The number of sulfone groups is 1. The topological polar surface area (TPSA) is 60.4 Å². The van der Waals surface area contributed by atoms with E-state index in [0.717, 1.165) is 5.56 Å². The molecule has 0 bridgehead atoms. The summed E-state index contributed by atoms with van der Waals surface area (Å²) < 4.78 is 28.7. The minimum absolute atomic E-state index is 0.117. The third kappa shape index (κ3) is 4.49. The van der Waals surface area contributed by atoms with Crippen molar-refractivity contribution in [1.82, 2.24) is 0 Å². The molecule has 0 N–H and O–H groups in total. The lowest BCUT2D eigenvalue weighted by Gasteiger charge is -2.08. The number of ether oxygens (including phenoxy) is 1. The van der Waals surface area contributed by atoms with Crippen LogP contribution in [0.3, 0.4) is 0 Å². The molecular formula is C13H18O4S. The highest BCUT2D eigenvalue weighted by Crippen LogP contribution is 2.13. The van der Waals surface area contributed by atoms with Gasteiger partial charge in [-0.1, -0.05) is 17.7 Å². The molecule has 0 radical (unpaired) electrons. The number of hydrogen-bond acceptors (Lipinski definition) is 4. The Morgan fingerprint density at radius 3 is 2.28 bits per heavy atom. The van der Waals surface area contributed by atoms with Gasteiger partial charge in [-0.05, 0) is 32.9 Å². The van der Waals surface area contributed by atoms with Crippen LogP contribution in [0, 0.1) is 6.92 Å². The second-order valence-electron chi connectivity index (χ2n) is 4.42. The van der Waals surface area contributed by atoms with Crippen molar-refractivity contribution in [2.75, 3.05) is 5.75 Å². The lowest BCUT2D eigenvalue weighted by atomic mass is 10.2. The Morgan fingerprint density at radius 1 is 1.22 bits per heavy atom. The van der Waals surface area contributed by atoms with Gasteiger partial charge in [0.05, 0.1) is 23.2 Å². The fourth-order valence-electron chi connectivity index (χ4n) is 1.40. The maximum absolute atomic E-state index is 11.9. The zero-order valence-electron chi connectivity index (χ0n) is 10.8. The lowest BCUT2D eigenvalue weighted by Crippen LogP contribution is -2.16. The van der Waals surface area contributed by atoms with Gasteiger partial charge in [-0.25, -0.2) is 8.42 Å². The zero-order valence-corrected chi connectivity index (χ0v) is 11.7. The highest BCUT2D eigenvalue weighted by atomic mass is 32.2. The first kappa shape index (κ1) is 14.7. The molecule has 0 aromatic heterocycles. The van der Waals surface area contributed by atoms with E-state index in [1.54, 1.807) is 38.1 Å². The number of rotatable bonds is 5. The third-order valence-corrected chi connectivity index (χ3v) is 4.05. The molecular weight excluding hydrogens is 252 g/mol. The maximum Gasteiger partial charge on any atom is 0.307 e. The Kier molecular flexibility index (Phi) is 4.90. The van der Waals surface area contributed by atoms with Crippen LogP contribution in [0.15, 0.2) is 29.2 Å². The van der Waals surface area contributed by atoms with Crippen molar-refractivity contribution in [2.24, 2.45) is 0 Å². The van der Waals surface area contributed by atoms with E-state index in [1.807, 2.05) is 6.92 Å². The van der Waals surface area contributed by atoms with Crippen LogP contribution in [-0.2, 0) is 19.4 Å². The molecule has 1 aromatic carbocycles. The predicted octanol–water partition coefficient (Wildman–Crippen LogP) is 2.11. The quantitative estimate of drug-likeness (QED) is 0.769. The minimum atomic E-state index is -3.41. The summed E-state index contributed by atoms with van der Waals surface area (Å²) in [6.07, 6.45) is -0.339. The molecule has 0 amide bonds. The lowest BCUT2D eigenvalue weighted by molar-refractivity contribution is -0.146. The van der Waals surface area contributed by atoms with Gasteiger partial charge in [0.25, 0.3) is 0 Å². The zero-order chi connectivity index (χ0) is 13.8. The van der Waals surface area contributed by atoms with Crippen molar-refractivity contribution >= 4 is 15.8 Å². The molecule has 0 aliphatic rings. The minimum Gasteiger partial charge on any atom is -0.463 e. The summed E-state index contributed by atoms with van der Waals surface area (Å²) in [6.45, 7) is 5.34. The van der Waals surface area contributed by atoms with E-state index in [1.165, 1.54) is 0 Å². The first-order chi connectivity index (χ1) is 8.31. The van der Waals surface area contributed by atoms with Crippen LogP contribution in [0.25, 0.3) is 0 Å². The van der Waals surface area contributed by atoms with Crippen LogP contribution in [0.5, 0.6) is 0 Å². The molecule has 5 heteroatoms. The summed E-state index contributed by atoms with van der Waals surface area (Å²) in [5.41, 5.74) is 0.994. The van der Waals surface area contributed by atoms with E-state index in [9.17, 15) is 13.2 Å². The van der Waals surface area contributed by atoms with E-state index < -0.39 is 15.8 Å². The van der Waals surface area contributed by atoms with Crippen LogP contribution in [0.2, 0.25) is 0 Å². The number of aryl methyl sites for hydroxylation is 1. The summed E-state index contributed by atoms with van der Waals surface area (Å²) in [6, 6.07) is 6.58. The van der Waals surface area contributed by atoms with Crippen molar-refractivity contribution in [3.63, 3.8) is 0 Å². The van der Waals surface area contributed by atoms with E-state index in [-0.39, 0.29) is 23.2 Å². The second kappa shape index (κ2) is 6.00. The van der Waals surface area contributed by atoms with Crippen LogP contribution in [0.4, 0.5) is 0 Å². The molecule has 0 spiro atoms. The molecule has 100 valence electrons. The Bertz CT molecular complexity index is 500. The average molecular weight is 270 g/mol. The molecule has 0 heterocycles. The SMILES string of the molecule is Cc1ccc(S(=O)(=O)CCC(=O)OC(C)C)cc1. The van der Waals surface area contributed by atoms with Crippen LogP contribution in [-0.4, -0.2) is 26.2 Å². The third-order valence-electron chi connectivity index (χ3n) is 2.32. The predicted molar refractivity (Wildman–Crippen MR) is 69.1 cm³/mol. The van der Waals surface area contributed by atoms with Crippen molar-refractivity contribution in [3.05, 3.63) is 29.8 Å². The molecule has 1 rings (SSSR count). The summed E-state index contributed by atoms with van der Waals surface area (Å²) in [4.78, 5) is 11.5. The fraction of sp³-hybridized carbons (Fsp3) is 0.462. The van der Waals surface area contributed by atoms with Gasteiger partial charge >= 0.3 is 5.97 Å². The maximum atomic E-state index is 11.9. The normalized spacial score (nSPS) is 11.6. The molecule has 0 aliphatic carbocycles. The van der Waals surface area contributed by atoms with Crippen molar-refractivity contribution in [2.45, 2.75) is 38.2 Å². The van der Waals surface area contributed by atoms with Gasteiger partial charge in [-0.2, -0.15) is 0 Å². The van der Waals surface area contributed by atoms with E-state index in [2.05, 4.69) is 0 Å². The fourth-order valence-corrected chi connectivity index (χ4v) is 2.62. The summed E-state index contributed by atoms with van der Waals surface area (Å²) in [5.74, 6) is -0.706. The molecule has 0 aliphatic heterocycles. The molecule has 1 aromatic rings. The number of carbonyl (C=O) groups excluding carboxylic acids is 1. The standard InChI is InChI=1S/C13H18O4S/c1-10(2)17-13(14)8-9-18(15,16)12-6-4-11(3)5-7-12/h4-7,10H,8-9H2,1-3H3. The molecule has 0 atom stereocenters. The highest BCUT2D eigenvalue weighted by molar-refractivity contribution is 7.91. The first-order valence-corrected chi connectivity index (χ1v) is 7.45. The van der Waals surface area contributed by atoms with Gasteiger partial charge in [0.2, 0.25) is 0 Å². The van der Waals surface area contributed by atoms with E-state index in [4.69, 9.17) is 4.74 Å². The molecule has 0 saturated carbocycles. The van der Waals surface area contributed by atoms with Gasteiger partial charge < -0.3 is 4.74 Å². The van der Waals surface area contributed by atoms with Crippen LogP contribution >= 0.6 is 0 Å². The number of benzene rings is 1. The molecule has 0 unspecified atom stereocenters. The smallest absolute Gasteiger partial charge is 0.307 e. The molecule has 0 fully saturated rings. The number of esters is 1. The van der Waals surface area contributed by atoms with Crippen LogP contribution < -0.4 is 0 Å². The second-order valence-corrected chi connectivity index (χ2v) is 6.53. The highest BCUT2D eigenvalue weighted by Gasteiger charge is 2.17. The number of carbonyl (C=O) groups is 1. The Labute approximate surface area is 108 Å². The number of hydrogen-bond donors (Lipinski definition) is 0. The summed E-state index contributed by atoms with van der Waals surface area (Å²) in [7, 11) is -3.41. The van der Waals surface area contributed by atoms with Gasteiger partial charge in [0.15, 0.2) is 9.84 Å². The first-order valence-electron chi connectivity index (χ1n) is 5.80. The Morgan fingerprint density at radius 2 is 1.78 bits per heavy atom. The summed E-state index contributed by atoms with van der Waals surface area (Å²) in [5, 5.41) is 0. The molecule has 4 nitrogen and oxygen atoms in total. The van der Waals surface area contributed by atoms with Gasteiger partial charge in [0, 0.05) is 0 Å². The van der Waals surface area contributed by atoms with Gasteiger partial charge in [-0.15, -0.1) is 0 Å². The Balaban J connectivity index is 2.66. The monoisotopic (exact) mass is 270 g/mol. The van der Waals surface area contributed by atoms with Gasteiger partial charge in [-0.3, -0.25) is 4.79 Å². The molecule has 18 heavy (non-hydrogen) atoms. The van der Waals surface area contributed by atoms with Crippen molar-refractivity contribution < 1.29 is 17.9 Å². The summed E-state index contributed by atoms with van der Waals surface area (Å²) >= 11 is 0. The Hall–Kier alpha value is -1.36. The largest absolute Gasteiger partial charge is 0.463 e. The van der Waals surface area contributed by atoms with E-state index >= 15 is 0 Å². The van der Waals surface area contributed by atoms with Crippen molar-refractivity contribution in [1.29, 1.82) is 0 Å². The van der Waals surface area contributed by atoms with Crippen LogP contribution in [0.1, 0.15) is 25.8 Å². The van der Waals surface area contributed by atoms with Crippen molar-refractivity contribution in [3.8, 4) is 0 Å². The van der Waals surface area contributed by atoms with E-state index in [0.29, 0.717) is 0 Å². The average Bonchev–Trinajstić information content (AvgIpc) is 2.26. The molecule has 0 saturated heterocycles.